The van der Waals surface area contributed by atoms with Crippen molar-refractivity contribution in [2.45, 2.75) is 38.6 Å². The number of ether oxygens (including phenoxy) is 1. The SMILES string of the molecule is CCNC(=S)N[C@H]1C[C@H](n2cc(C)c(=O)[nH]c2=O)O[C@@H]1CO. The molecule has 0 radical (unpaired) electrons. The molecule has 0 bridgehead atoms. The molecule has 1 aromatic heterocycles. The van der Waals surface area contributed by atoms with Gasteiger partial charge in [0.2, 0.25) is 0 Å². The van der Waals surface area contributed by atoms with Crippen LogP contribution in [0.2, 0.25) is 0 Å². The van der Waals surface area contributed by atoms with Gasteiger partial charge in [0.05, 0.1) is 12.6 Å². The molecular formula is C13H20N4O4S. The van der Waals surface area contributed by atoms with E-state index in [4.69, 9.17) is 17.0 Å². The summed E-state index contributed by atoms with van der Waals surface area (Å²) in [5, 5.41) is 16.0. The van der Waals surface area contributed by atoms with Crippen LogP contribution in [-0.2, 0) is 4.74 Å². The zero-order chi connectivity index (χ0) is 16.3. The van der Waals surface area contributed by atoms with Crippen LogP contribution in [0.1, 0.15) is 25.1 Å². The molecule has 8 nitrogen and oxygen atoms in total. The molecular weight excluding hydrogens is 308 g/mol. The van der Waals surface area contributed by atoms with Crippen molar-refractivity contribution in [3.8, 4) is 0 Å². The predicted octanol–water partition coefficient (Wildman–Crippen LogP) is -1.02. The summed E-state index contributed by atoms with van der Waals surface area (Å²) < 4.78 is 7.04. The lowest BCUT2D eigenvalue weighted by Crippen LogP contribution is -2.46. The zero-order valence-electron chi connectivity index (χ0n) is 12.5. The molecule has 1 fully saturated rings. The van der Waals surface area contributed by atoms with Gasteiger partial charge in [0.15, 0.2) is 5.11 Å². The van der Waals surface area contributed by atoms with Gasteiger partial charge in [0, 0.05) is 24.7 Å². The van der Waals surface area contributed by atoms with Crippen molar-refractivity contribution in [1.29, 1.82) is 0 Å². The van der Waals surface area contributed by atoms with Crippen LogP contribution < -0.4 is 21.9 Å². The number of nitrogens with zero attached hydrogens (tertiary/aromatic N) is 1. The molecule has 1 aliphatic heterocycles. The lowest BCUT2D eigenvalue weighted by atomic mass is 10.1. The summed E-state index contributed by atoms with van der Waals surface area (Å²) in [6.07, 6.45) is 0.857. The fourth-order valence-electron chi connectivity index (χ4n) is 2.40. The number of H-pyrrole nitrogens is 1. The van der Waals surface area contributed by atoms with Gasteiger partial charge >= 0.3 is 5.69 Å². The Morgan fingerprint density at radius 3 is 2.95 bits per heavy atom. The van der Waals surface area contributed by atoms with Gasteiger partial charge in [0.1, 0.15) is 12.3 Å². The first kappa shape index (κ1) is 16.7. The highest BCUT2D eigenvalue weighted by molar-refractivity contribution is 7.80. The van der Waals surface area contributed by atoms with Crippen LogP contribution in [0.25, 0.3) is 0 Å². The average Bonchev–Trinajstić information content (AvgIpc) is 2.85. The number of aromatic amines is 1. The highest BCUT2D eigenvalue weighted by Gasteiger charge is 2.36. The minimum absolute atomic E-state index is 0.194. The number of aliphatic hydroxyl groups excluding tert-OH is 1. The molecule has 2 heterocycles. The topological polar surface area (TPSA) is 108 Å². The number of hydrogen-bond donors (Lipinski definition) is 4. The first-order valence-corrected chi connectivity index (χ1v) is 7.49. The van der Waals surface area contributed by atoms with E-state index >= 15 is 0 Å². The fourth-order valence-corrected chi connectivity index (χ4v) is 2.70. The third-order valence-corrected chi connectivity index (χ3v) is 3.79. The first-order valence-electron chi connectivity index (χ1n) is 7.09. The van der Waals surface area contributed by atoms with Crippen LogP contribution in [0.5, 0.6) is 0 Å². The van der Waals surface area contributed by atoms with Crippen molar-refractivity contribution < 1.29 is 9.84 Å². The molecule has 1 saturated heterocycles. The summed E-state index contributed by atoms with van der Waals surface area (Å²) in [5.41, 5.74) is -0.531. The first-order chi connectivity index (χ1) is 10.5. The molecule has 0 aliphatic carbocycles. The van der Waals surface area contributed by atoms with Gasteiger partial charge in [-0.15, -0.1) is 0 Å². The Hall–Kier alpha value is -1.71. The maximum atomic E-state index is 11.9. The van der Waals surface area contributed by atoms with Crippen LogP contribution in [0.15, 0.2) is 15.8 Å². The molecule has 2 rings (SSSR count). The van der Waals surface area contributed by atoms with Crippen molar-refractivity contribution in [1.82, 2.24) is 20.2 Å². The number of hydrogen-bond acceptors (Lipinski definition) is 5. The van der Waals surface area contributed by atoms with Gasteiger partial charge < -0.3 is 20.5 Å². The van der Waals surface area contributed by atoms with E-state index < -0.39 is 23.6 Å². The summed E-state index contributed by atoms with van der Waals surface area (Å²) >= 11 is 5.13. The Morgan fingerprint density at radius 2 is 2.32 bits per heavy atom. The van der Waals surface area contributed by atoms with E-state index in [9.17, 15) is 14.7 Å². The van der Waals surface area contributed by atoms with Crippen molar-refractivity contribution in [3.05, 3.63) is 32.6 Å². The van der Waals surface area contributed by atoms with E-state index in [1.54, 1.807) is 6.92 Å². The van der Waals surface area contributed by atoms with Gasteiger partial charge in [-0.25, -0.2) is 4.79 Å². The standard InChI is InChI=1S/C13H20N4O4S/c1-3-14-12(22)15-8-4-10(21-9(8)6-18)17-5-7(2)11(19)16-13(17)20/h5,8-10,18H,3-4,6H2,1-2H3,(H2,14,15,22)(H,16,19,20)/t8-,9+,10+/m0/s1. The second-order valence-corrected chi connectivity index (χ2v) is 5.54. The van der Waals surface area contributed by atoms with Gasteiger partial charge in [-0.3, -0.25) is 14.3 Å². The molecule has 22 heavy (non-hydrogen) atoms. The molecule has 3 atom stereocenters. The molecule has 0 amide bonds. The van der Waals surface area contributed by atoms with Crippen molar-refractivity contribution in [2.75, 3.05) is 13.2 Å². The van der Waals surface area contributed by atoms with Crippen molar-refractivity contribution in [3.63, 3.8) is 0 Å². The van der Waals surface area contributed by atoms with Crippen LogP contribution in [0.3, 0.4) is 0 Å². The Kier molecular flexibility index (Phi) is 5.33. The van der Waals surface area contributed by atoms with Crippen LogP contribution in [0.4, 0.5) is 0 Å². The number of thiocarbonyl (C=S) groups is 1. The summed E-state index contributed by atoms with van der Waals surface area (Å²) in [5.74, 6) is 0. The molecule has 4 N–H and O–H groups in total. The highest BCUT2D eigenvalue weighted by atomic mass is 32.1. The number of aliphatic hydroxyl groups is 1. The summed E-state index contributed by atoms with van der Waals surface area (Å²) in [6.45, 7) is 4.03. The van der Waals surface area contributed by atoms with Gasteiger partial charge in [0.25, 0.3) is 5.56 Å². The van der Waals surface area contributed by atoms with E-state index in [1.807, 2.05) is 6.92 Å². The lowest BCUT2D eigenvalue weighted by molar-refractivity contribution is -0.0281. The van der Waals surface area contributed by atoms with E-state index in [-0.39, 0.29) is 12.6 Å². The molecule has 9 heteroatoms. The second-order valence-electron chi connectivity index (χ2n) is 5.14. The summed E-state index contributed by atoms with van der Waals surface area (Å²) in [7, 11) is 0. The lowest BCUT2D eigenvalue weighted by Gasteiger charge is -2.19. The number of nitrogens with one attached hydrogen (secondary N) is 3. The van der Waals surface area contributed by atoms with E-state index in [1.165, 1.54) is 10.8 Å². The monoisotopic (exact) mass is 328 g/mol. The van der Waals surface area contributed by atoms with Crippen LogP contribution >= 0.6 is 12.2 Å². The summed E-state index contributed by atoms with van der Waals surface area (Å²) in [4.78, 5) is 25.6. The minimum Gasteiger partial charge on any atom is -0.394 e. The maximum Gasteiger partial charge on any atom is 0.330 e. The molecule has 1 aliphatic rings. The normalized spacial score (nSPS) is 24.2. The zero-order valence-corrected chi connectivity index (χ0v) is 13.3. The smallest absolute Gasteiger partial charge is 0.330 e. The van der Waals surface area contributed by atoms with Crippen molar-refractivity contribution in [2.24, 2.45) is 0 Å². The Morgan fingerprint density at radius 1 is 1.59 bits per heavy atom. The van der Waals surface area contributed by atoms with E-state index in [2.05, 4.69) is 15.6 Å². The van der Waals surface area contributed by atoms with Crippen molar-refractivity contribution >= 4 is 17.3 Å². The molecule has 0 aromatic carbocycles. The summed E-state index contributed by atoms with van der Waals surface area (Å²) in [6, 6.07) is -0.222. The van der Waals surface area contributed by atoms with E-state index in [0.717, 1.165) is 0 Å². The Balaban J connectivity index is 2.18. The third-order valence-electron chi connectivity index (χ3n) is 3.53. The molecule has 1 aromatic rings. The molecule has 122 valence electrons. The second kappa shape index (κ2) is 7.03. The Labute approximate surface area is 132 Å². The number of rotatable bonds is 4. The Bertz CT molecular complexity index is 656. The van der Waals surface area contributed by atoms with Gasteiger partial charge in [-0.1, -0.05) is 0 Å². The maximum absolute atomic E-state index is 11.9. The largest absolute Gasteiger partial charge is 0.394 e. The van der Waals surface area contributed by atoms with Crippen LogP contribution in [0, 0.1) is 6.92 Å². The van der Waals surface area contributed by atoms with Gasteiger partial charge in [-0.2, -0.15) is 0 Å². The molecule has 0 spiro atoms. The molecule has 0 saturated carbocycles. The van der Waals surface area contributed by atoms with Gasteiger partial charge in [-0.05, 0) is 26.1 Å². The average molecular weight is 328 g/mol. The number of aromatic nitrogens is 2. The number of aryl methyl sites for hydroxylation is 1. The minimum atomic E-state index is -0.567. The predicted molar refractivity (Wildman–Crippen MR) is 84.9 cm³/mol. The van der Waals surface area contributed by atoms with Crippen LogP contribution in [-0.4, -0.2) is 45.1 Å². The fraction of sp³-hybridized carbons (Fsp3) is 0.615. The van der Waals surface area contributed by atoms with E-state index in [0.29, 0.717) is 23.6 Å². The highest BCUT2D eigenvalue weighted by Crippen LogP contribution is 2.27. The quantitative estimate of drug-likeness (QED) is 0.524. The third kappa shape index (κ3) is 3.54. The molecule has 0 unspecified atom stereocenters.